The van der Waals surface area contributed by atoms with Crippen LogP contribution < -0.4 is 5.84 Å². The van der Waals surface area contributed by atoms with E-state index >= 15 is 0 Å². The number of nitrogens with zero attached hydrogens (tertiary/aromatic N) is 4. The standard InChI is InChI=1S/C14H20ClN5O4/c1-9(21)23-5-11(6-24-10(2)22)3-4-19-7-17-14-12(19)13(15)20(16)8-18-14/h7-8,11,13H,3-6,16H2,1-2H3. The highest BCUT2D eigenvalue weighted by Gasteiger charge is 2.26. The molecular weight excluding hydrogens is 338 g/mol. The lowest BCUT2D eigenvalue weighted by Crippen LogP contribution is -2.34. The van der Waals surface area contributed by atoms with Gasteiger partial charge in [-0.1, -0.05) is 11.6 Å². The summed E-state index contributed by atoms with van der Waals surface area (Å²) >= 11 is 6.28. The van der Waals surface area contributed by atoms with Crippen LogP contribution in [0, 0.1) is 5.92 Å². The molecule has 132 valence electrons. The number of hydrazine groups is 1. The molecule has 9 nitrogen and oxygen atoms in total. The molecule has 0 fully saturated rings. The molecule has 1 atom stereocenters. The van der Waals surface area contributed by atoms with Gasteiger partial charge in [-0.25, -0.2) is 15.8 Å². The van der Waals surface area contributed by atoms with Gasteiger partial charge in [0, 0.05) is 26.3 Å². The Morgan fingerprint density at radius 3 is 2.54 bits per heavy atom. The minimum absolute atomic E-state index is 0.134. The fourth-order valence-electron chi connectivity index (χ4n) is 2.23. The van der Waals surface area contributed by atoms with Gasteiger partial charge in [-0.15, -0.1) is 0 Å². The molecule has 2 heterocycles. The number of carbonyl (C=O) groups excluding carboxylic acids is 2. The normalized spacial score (nSPS) is 16.2. The monoisotopic (exact) mass is 357 g/mol. The third kappa shape index (κ3) is 4.68. The van der Waals surface area contributed by atoms with Crippen molar-refractivity contribution in [3.8, 4) is 0 Å². The molecule has 0 aromatic carbocycles. The first-order chi connectivity index (χ1) is 11.4. The number of aliphatic imine (C=N–C) groups is 1. The van der Waals surface area contributed by atoms with Crippen molar-refractivity contribution >= 4 is 35.7 Å². The minimum Gasteiger partial charge on any atom is -0.465 e. The Labute approximate surface area is 144 Å². The van der Waals surface area contributed by atoms with Crippen LogP contribution in [0.25, 0.3) is 0 Å². The number of rotatable bonds is 7. The third-order valence-corrected chi connectivity index (χ3v) is 3.91. The Hall–Kier alpha value is -2.13. The number of imidazole rings is 1. The fourth-order valence-corrected chi connectivity index (χ4v) is 2.50. The number of alkyl halides is 1. The highest BCUT2D eigenvalue weighted by molar-refractivity contribution is 6.21. The van der Waals surface area contributed by atoms with Crippen LogP contribution in [-0.2, 0) is 25.6 Å². The lowest BCUT2D eigenvalue weighted by Gasteiger charge is -2.24. The lowest BCUT2D eigenvalue weighted by atomic mass is 10.1. The smallest absolute Gasteiger partial charge is 0.302 e. The van der Waals surface area contributed by atoms with Crippen molar-refractivity contribution in [2.24, 2.45) is 16.8 Å². The summed E-state index contributed by atoms with van der Waals surface area (Å²) in [5, 5.41) is 1.29. The summed E-state index contributed by atoms with van der Waals surface area (Å²) in [7, 11) is 0. The van der Waals surface area contributed by atoms with Crippen LogP contribution in [0.15, 0.2) is 11.3 Å². The second-order valence-electron chi connectivity index (χ2n) is 5.43. The number of hydrogen-bond acceptors (Lipinski definition) is 8. The zero-order valence-electron chi connectivity index (χ0n) is 13.5. The first-order valence-corrected chi connectivity index (χ1v) is 7.85. The number of carbonyl (C=O) groups is 2. The van der Waals surface area contributed by atoms with Crippen molar-refractivity contribution in [2.75, 3.05) is 13.2 Å². The average molecular weight is 358 g/mol. The Kier molecular flexibility index (Phi) is 6.16. The average Bonchev–Trinajstić information content (AvgIpc) is 2.93. The molecule has 10 heteroatoms. The highest BCUT2D eigenvalue weighted by atomic mass is 35.5. The summed E-state index contributed by atoms with van der Waals surface area (Å²) in [6, 6.07) is 0. The van der Waals surface area contributed by atoms with E-state index in [2.05, 4.69) is 9.98 Å². The van der Waals surface area contributed by atoms with Gasteiger partial charge in [0.2, 0.25) is 0 Å². The molecule has 1 aromatic heterocycles. The fraction of sp³-hybridized carbons (Fsp3) is 0.571. The summed E-state index contributed by atoms with van der Waals surface area (Å²) in [6.45, 7) is 3.56. The number of nitrogens with two attached hydrogens (primary N) is 1. The summed E-state index contributed by atoms with van der Waals surface area (Å²) in [5.41, 5.74) is 0.126. The van der Waals surface area contributed by atoms with Crippen LogP contribution in [0.5, 0.6) is 0 Å². The zero-order chi connectivity index (χ0) is 17.7. The van der Waals surface area contributed by atoms with Crippen LogP contribution in [0.1, 0.15) is 31.5 Å². The van der Waals surface area contributed by atoms with Crippen LogP contribution in [0.2, 0.25) is 0 Å². The van der Waals surface area contributed by atoms with E-state index in [0.717, 1.165) is 0 Å². The van der Waals surface area contributed by atoms with Crippen molar-refractivity contribution in [3.63, 3.8) is 0 Å². The number of ether oxygens (including phenoxy) is 2. The predicted octanol–water partition coefficient (Wildman–Crippen LogP) is 1.10. The Balaban J connectivity index is 2.01. The molecule has 0 radical (unpaired) electrons. The molecule has 0 bridgehead atoms. The van der Waals surface area contributed by atoms with Gasteiger partial charge in [0.25, 0.3) is 0 Å². The number of hydrogen-bond donors (Lipinski definition) is 1. The highest BCUT2D eigenvalue weighted by Crippen LogP contribution is 2.33. The molecule has 1 aromatic rings. The number of aryl methyl sites for hydroxylation is 1. The minimum atomic E-state index is -0.569. The van der Waals surface area contributed by atoms with E-state index in [0.29, 0.717) is 24.5 Å². The maximum absolute atomic E-state index is 11.0. The third-order valence-electron chi connectivity index (χ3n) is 3.48. The number of fused-ring (bicyclic) bond motifs is 1. The van der Waals surface area contributed by atoms with Crippen LogP contribution in [-0.4, -0.2) is 46.1 Å². The van der Waals surface area contributed by atoms with E-state index < -0.39 is 5.50 Å². The maximum atomic E-state index is 11.0. The molecule has 2 N–H and O–H groups in total. The quantitative estimate of drug-likeness (QED) is 0.336. The first kappa shape index (κ1) is 18.2. The van der Waals surface area contributed by atoms with Gasteiger partial charge in [-0.05, 0) is 6.42 Å². The number of halogens is 1. The van der Waals surface area contributed by atoms with Gasteiger partial charge in [0.15, 0.2) is 11.3 Å². The van der Waals surface area contributed by atoms with Gasteiger partial charge < -0.3 is 14.0 Å². The molecule has 1 unspecified atom stereocenters. The van der Waals surface area contributed by atoms with Crippen molar-refractivity contribution < 1.29 is 19.1 Å². The van der Waals surface area contributed by atoms with Gasteiger partial charge in [0.1, 0.15) is 12.0 Å². The van der Waals surface area contributed by atoms with Crippen molar-refractivity contribution in [1.82, 2.24) is 14.6 Å². The van der Waals surface area contributed by atoms with Crippen LogP contribution >= 0.6 is 11.6 Å². The van der Waals surface area contributed by atoms with Crippen LogP contribution in [0.4, 0.5) is 5.82 Å². The molecular formula is C14H20ClN5O4. The topological polar surface area (TPSA) is 112 Å². The van der Waals surface area contributed by atoms with E-state index in [9.17, 15) is 9.59 Å². The van der Waals surface area contributed by atoms with E-state index in [1.807, 2.05) is 4.57 Å². The Morgan fingerprint density at radius 1 is 1.33 bits per heavy atom. The zero-order valence-corrected chi connectivity index (χ0v) is 14.3. The van der Waals surface area contributed by atoms with Gasteiger partial charge in [-0.3, -0.25) is 14.6 Å². The molecule has 24 heavy (non-hydrogen) atoms. The van der Waals surface area contributed by atoms with E-state index in [1.165, 1.54) is 25.2 Å². The first-order valence-electron chi connectivity index (χ1n) is 7.41. The van der Waals surface area contributed by atoms with Gasteiger partial charge >= 0.3 is 11.9 Å². The molecule has 0 amide bonds. The summed E-state index contributed by atoms with van der Waals surface area (Å²) in [4.78, 5) is 30.3. The number of esters is 2. The maximum Gasteiger partial charge on any atom is 0.302 e. The SMILES string of the molecule is CC(=O)OCC(CCn1cnc2c1C(Cl)N(N)C=N2)COC(C)=O. The van der Waals surface area contributed by atoms with E-state index in [-0.39, 0.29) is 31.1 Å². The molecule has 2 rings (SSSR count). The van der Waals surface area contributed by atoms with Gasteiger partial charge in [0.05, 0.1) is 19.5 Å². The lowest BCUT2D eigenvalue weighted by molar-refractivity contribution is -0.146. The molecule has 0 spiro atoms. The van der Waals surface area contributed by atoms with Gasteiger partial charge in [-0.2, -0.15) is 0 Å². The molecule has 0 saturated carbocycles. The molecule has 1 aliphatic rings. The molecule has 1 aliphatic heterocycles. The van der Waals surface area contributed by atoms with Crippen molar-refractivity contribution in [2.45, 2.75) is 32.3 Å². The molecule has 0 aliphatic carbocycles. The second-order valence-corrected chi connectivity index (χ2v) is 5.85. The summed E-state index contributed by atoms with van der Waals surface area (Å²) in [5.74, 6) is 5.37. The van der Waals surface area contributed by atoms with Crippen molar-refractivity contribution in [3.05, 3.63) is 12.0 Å². The largest absolute Gasteiger partial charge is 0.465 e. The van der Waals surface area contributed by atoms with E-state index in [4.69, 9.17) is 26.9 Å². The summed E-state index contributed by atoms with van der Waals surface area (Å²) < 4.78 is 11.9. The van der Waals surface area contributed by atoms with Crippen molar-refractivity contribution in [1.29, 1.82) is 0 Å². The molecule has 0 saturated heterocycles. The summed E-state index contributed by atoms with van der Waals surface area (Å²) in [6.07, 6.45) is 3.65. The Morgan fingerprint density at radius 2 is 1.96 bits per heavy atom. The predicted molar refractivity (Wildman–Crippen MR) is 86.4 cm³/mol. The number of aromatic nitrogens is 2. The van der Waals surface area contributed by atoms with E-state index in [1.54, 1.807) is 6.33 Å². The Bertz CT molecular complexity index is 615. The van der Waals surface area contributed by atoms with Crippen LogP contribution in [0.3, 0.4) is 0 Å². The second kappa shape index (κ2) is 8.11.